The molecule has 112 valence electrons. The van der Waals surface area contributed by atoms with Crippen molar-refractivity contribution in [3.05, 3.63) is 29.3 Å². The first kappa shape index (κ1) is 13.4. The summed E-state index contributed by atoms with van der Waals surface area (Å²) in [5.74, 6) is 4.72. The van der Waals surface area contributed by atoms with Crippen LogP contribution in [-0.4, -0.2) is 12.9 Å². The lowest BCUT2D eigenvalue weighted by Gasteiger charge is -2.53. The fourth-order valence-corrected chi connectivity index (χ4v) is 5.57. The molecule has 4 bridgehead atoms. The topological polar surface area (TPSA) is 26.3 Å². The summed E-state index contributed by atoms with van der Waals surface area (Å²) in [6.45, 7) is 2.03. The van der Waals surface area contributed by atoms with Crippen molar-refractivity contribution in [1.82, 2.24) is 0 Å². The molecule has 2 nitrogen and oxygen atoms in total. The summed E-state index contributed by atoms with van der Waals surface area (Å²) in [6, 6.07) is 5.89. The van der Waals surface area contributed by atoms with Crippen LogP contribution in [0.25, 0.3) is 0 Å². The Morgan fingerprint density at radius 1 is 1.05 bits per heavy atom. The van der Waals surface area contributed by atoms with E-state index in [0.717, 1.165) is 28.7 Å². The van der Waals surface area contributed by atoms with Crippen molar-refractivity contribution in [3.8, 4) is 5.75 Å². The molecule has 1 aromatic carbocycles. The first-order valence-corrected chi connectivity index (χ1v) is 8.34. The van der Waals surface area contributed by atoms with Crippen molar-refractivity contribution >= 4 is 5.78 Å². The standard InChI is InChI=1S/C19H24O2/c1-11-5-16(21-2)3-4-17(11)19(20)18-14-7-12-6-13(9-14)10-15(18)8-12/h3-5,12-15,18H,6-10H2,1-2H3. The van der Waals surface area contributed by atoms with Gasteiger partial charge in [0.05, 0.1) is 7.11 Å². The Hall–Kier alpha value is -1.31. The smallest absolute Gasteiger partial charge is 0.166 e. The first-order chi connectivity index (χ1) is 10.2. The van der Waals surface area contributed by atoms with Gasteiger partial charge >= 0.3 is 0 Å². The Morgan fingerprint density at radius 2 is 1.67 bits per heavy atom. The number of ketones is 1. The zero-order chi connectivity index (χ0) is 14.6. The van der Waals surface area contributed by atoms with E-state index in [1.165, 1.54) is 32.1 Å². The second-order valence-corrected chi connectivity index (χ2v) is 7.50. The van der Waals surface area contributed by atoms with Gasteiger partial charge in [-0.1, -0.05) is 0 Å². The molecular weight excluding hydrogens is 260 g/mol. The molecule has 4 fully saturated rings. The molecular formula is C19H24O2. The third kappa shape index (κ3) is 2.11. The van der Waals surface area contributed by atoms with E-state index in [2.05, 4.69) is 0 Å². The van der Waals surface area contributed by atoms with E-state index >= 15 is 0 Å². The molecule has 0 radical (unpaired) electrons. The normalized spacial score (nSPS) is 36.8. The Kier molecular flexibility index (Phi) is 3.09. The first-order valence-electron chi connectivity index (χ1n) is 8.34. The predicted molar refractivity (Wildman–Crippen MR) is 82.6 cm³/mol. The van der Waals surface area contributed by atoms with E-state index in [0.29, 0.717) is 23.5 Å². The monoisotopic (exact) mass is 284 g/mol. The largest absolute Gasteiger partial charge is 0.497 e. The van der Waals surface area contributed by atoms with Gasteiger partial charge in [0.25, 0.3) is 0 Å². The lowest BCUT2D eigenvalue weighted by Crippen LogP contribution is -2.48. The summed E-state index contributed by atoms with van der Waals surface area (Å²) in [4.78, 5) is 13.1. The van der Waals surface area contributed by atoms with Gasteiger partial charge in [-0.25, -0.2) is 0 Å². The Bertz CT molecular complexity index is 547. The zero-order valence-electron chi connectivity index (χ0n) is 13.0. The van der Waals surface area contributed by atoms with Crippen molar-refractivity contribution in [1.29, 1.82) is 0 Å². The minimum Gasteiger partial charge on any atom is -0.497 e. The molecule has 4 aliphatic carbocycles. The van der Waals surface area contributed by atoms with E-state index in [4.69, 9.17) is 4.74 Å². The van der Waals surface area contributed by atoms with Crippen LogP contribution >= 0.6 is 0 Å². The highest BCUT2D eigenvalue weighted by atomic mass is 16.5. The molecule has 4 aliphatic rings. The quantitative estimate of drug-likeness (QED) is 0.775. The van der Waals surface area contributed by atoms with Gasteiger partial charge < -0.3 is 4.74 Å². The summed E-state index contributed by atoms with van der Waals surface area (Å²) in [5.41, 5.74) is 1.99. The average Bonchev–Trinajstić information content (AvgIpc) is 2.45. The van der Waals surface area contributed by atoms with E-state index in [9.17, 15) is 4.79 Å². The molecule has 0 spiro atoms. The maximum Gasteiger partial charge on any atom is 0.166 e. The Balaban J connectivity index is 1.63. The lowest BCUT2D eigenvalue weighted by molar-refractivity contribution is -0.0251. The summed E-state index contributed by atoms with van der Waals surface area (Å²) in [6.07, 6.45) is 6.66. The number of hydrogen-bond donors (Lipinski definition) is 0. The van der Waals surface area contributed by atoms with Crippen molar-refractivity contribution in [2.45, 2.75) is 39.0 Å². The molecule has 0 N–H and O–H groups in total. The number of carbonyl (C=O) groups excluding carboxylic acids is 1. The molecule has 0 atom stereocenters. The molecule has 0 aliphatic heterocycles. The predicted octanol–water partition coefficient (Wildman–Crippen LogP) is 4.26. The number of Topliss-reactive ketones (excluding diaryl/α,β-unsaturated/α-hetero) is 1. The van der Waals surface area contributed by atoms with Crippen molar-refractivity contribution < 1.29 is 9.53 Å². The Morgan fingerprint density at radius 3 is 2.19 bits per heavy atom. The van der Waals surface area contributed by atoms with E-state index < -0.39 is 0 Å². The highest BCUT2D eigenvalue weighted by Crippen LogP contribution is 2.57. The van der Waals surface area contributed by atoms with Gasteiger partial charge in [0, 0.05) is 11.5 Å². The van der Waals surface area contributed by atoms with Crippen LogP contribution in [0.5, 0.6) is 5.75 Å². The van der Waals surface area contributed by atoms with Crippen LogP contribution in [0.1, 0.15) is 48.0 Å². The van der Waals surface area contributed by atoms with Crippen LogP contribution in [0.4, 0.5) is 0 Å². The molecule has 2 heteroatoms. The van der Waals surface area contributed by atoms with E-state index in [1.807, 2.05) is 25.1 Å². The summed E-state index contributed by atoms with van der Waals surface area (Å²) < 4.78 is 5.26. The molecule has 1 aromatic rings. The molecule has 21 heavy (non-hydrogen) atoms. The molecule has 0 saturated heterocycles. The van der Waals surface area contributed by atoms with Crippen LogP contribution in [-0.2, 0) is 0 Å². The zero-order valence-corrected chi connectivity index (χ0v) is 13.0. The third-order valence-corrected chi connectivity index (χ3v) is 6.23. The Labute approximate surface area is 126 Å². The van der Waals surface area contributed by atoms with Gasteiger partial charge in [-0.2, -0.15) is 0 Å². The third-order valence-electron chi connectivity index (χ3n) is 6.23. The highest BCUT2D eigenvalue weighted by molar-refractivity contribution is 5.99. The minimum atomic E-state index is 0.296. The number of benzene rings is 1. The van der Waals surface area contributed by atoms with Crippen molar-refractivity contribution in [2.24, 2.45) is 29.6 Å². The summed E-state index contributed by atoms with van der Waals surface area (Å²) in [7, 11) is 1.67. The maximum absolute atomic E-state index is 13.1. The van der Waals surface area contributed by atoms with Crippen LogP contribution in [0, 0.1) is 36.5 Å². The number of methoxy groups -OCH3 is 1. The second kappa shape index (κ2) is 4.86. The highest BCUT2D eigenvalue weighted by Gasteiger charge is 2.50. The van der Waals surface area contributed by atoms with Gasteiger partial charge in [-0.3, -0.25) is 4.79 Å². The van der Waals surface area contributed by atoms with Gasteiger partial charge in [0.1, 0.15) is 5.75 Å². The molecule has 5 rings (SSSR count). The molecule has 0 amide bonds. The van der Waals surface area contributed by atoms with Gasteiger partial charge in [0.15, 0.2) is 5.78 Å². The van der Waals surface area contributed by atoms with Crippen LogP contribution in [0.3, 0.4) is 0 Å². The van der Waals surface area contributed by atoms with Crippen molar-refractivity contribution in [2.75, 3.05) is 7.11 Å². The number of carbonyl (C=O) groups is 1. The van der Waals surface area contributed by atoms with Crippen LogP contribution in [0.15, 0.2) is 18.2 Å². The van der Waals surface area contributed by atoms with Crippen LogP contribution in [0.2, 0.25) is 0 Å². The van der Waals surface area contributed by atoms with Gasteiger partial charge in [0.2, 0.25) is 0 Å². The molecule has 0 heterocycles. The average molecular weight is 284 g/mol. The fourth-order valence-electron chi connectivity index (χ4n) is 5.57. The molecule has 0 aromatic heterocycles. The molecule has 4 saturated carbocycles. The lowest BCUT2D eigenvalue weighted by atomic mass is 9.51. The number of hydrogen-bond acceptors (Lipinski definition) is 2. The number of rotatable bonds is 3. The van der Waals surface area contributed by atoms with E-state index in [-0.39, 0.29) is 0 Å². The van der Waals surface area contributed by atoms with Gasteiger partial charge in [-0.15, -0.1) is 0 Å². The van der Waals surface area contributed by atoms with Gasteiger partial charge in [-0.05, 0) is 86.5 Å². The maximum atomic E-state index is 13.1. The number of aryl methyl sites for hydroxylation is 1. The SMILES string of the molecule is COc1ccc(C(=O)C2C3CC4CC(C3)CC2C4)c(C)c1. The summed E-state index contributed by atoms with van der Waals surface area (Å²) >= 11 is 0. The van der Waals surface area contributed by atoms with Crippen molar-refractivity contribution in [3.63, 3.8) is 0 Å². The van der Waals surface area contributed by atoms with E-state index in [1.54, 1.807) is 7.11 Å². The van der Waals surface area contributed by atoms with Crippen LogP contribution < -0.4 is 4.74 Å². The fraction of sp³-hybridized carbons (Fsp3) is 0.632. The molecule has 0 unspecified atom stereocenters. The minimum absolute atomic E-state index is 0.296. The number of ether oxygens (including phenoxy) is 1. The second-order valence-electron chi connectivity index (χ2n) is 7.50. The summed E-state index contributed by atoms with van der Waals surface area (Å²) in [5, 5.41) is 0.